The Morgan fingerprint density at radius 2 is 1.82 bits per heavy atom. The zero-order valence-corrected chi connectivity index (χ0v) is 20.8. The second-order valence-electron chi connectivity index (χ2n) is 8.26. The molecule has 2 aromatic rings. The van der Waals surface area contributed by atoms with E-state index in [0.717, 1.165) is 36.1 Å². The highest BCUT2D eigenvalue weighted by Gasteiger charge is 2.34. The number of thiophene rings is 1. The first kappa shape index (κ1) is 24.2. The number of aryl methyl sites for hydroxylation is 1. The van der Waals surface area contributed by atoms with Gasteiger partial charge in [-0.15, -0.1) is 11.3 Å². The molecule has 1 saturated heterocycles. The van der Waals surface area contributed by atoms with Gasteiger partial charge >= 0.3 is 5.97 Å². The van der Waals surface area contributed by atoms with Gasteiger partial charge < -0.3 is 10.1 Å². The number of benzene rings is 1. The Morgan fingerprint density at radius 1 is 1.15 bits per heavy atom. The third-order valence-corrected chi connectivity index (χ3v) is 9.54. The largest absolute Gasteiger partial charge is 0.462 e. The number of rotatable bonds is 6. The van der Waals surface area contributed by atoms with Crippen molar-refractivity contribution in [2.75, 3.05) is 25.0 Å². The number of ether oxygens (including phenoxy) is 1. The molecule has 2 heterocycles. The molecule has 1 N–H and O–H groups in total. The van der Waals surface area contributed by atoms with Gasteiger partial charge in [-0.2, -0.15) is 4.31 Å². The molecule has 33 heavy (non-hydrogen) atoms. The summed E-state index contributed by atoms with van der Waals surface area (Å²) in [7, 11) is -3.63. The number of esters is 1. The molecule has 1 aromatic heterocycles. The molecule has 0 radical (unpaired) electrons. The Balaban J connectivity index is 1.44. The number of piperidine rings is 1. The van der Waals surface area contributed by atoms with Gasteiger partial charge in [-0.1, -0.05) is 11.6 Å². The number of carbonyl (C=O) groups excluding carboxylic acids is 2. The van der Waals surface area contributed by atoms with Crippen LogP contribution in [0, 0.1) is 5.92 Å². The molecule has 4 rings (SSSR count). The van der Waals surface area contributed by atoms with Crippen molar-refractivity contribution in [1.29, 1.82) is 0 Å². The number of hydrogen-bond donors (Lipinski definition) is 1. The summed E-state index contributed by atoms with van der Waals surface area (Å²) in [5, 5.41) is 4.00. The van der Waals surface area contributed by atoms with Crippen LogP contribution in [0.1, 0.15) is 53.4 Å². The van der Waals surface area contributed by atoms with Crippen molar-refractivity contribution in [3.63, 3.8) is 0 Å². The smallest absolute Gasteiger partial charge is 0.341 e. The van der Waals surface area contributed by atoms with E-state index in [-0.39, 0.29) is 36.4 Å². The summed E-state index contributed by atoms with van der Waals surface area (Å²) in [4.78, 5) is 27.0. The lowest BCUT2D eigenvalue weighted by Crippen LogP contribution is -2.41. The molecule has 1 aliphatic heterocycles. The fraction of sp³-hybridized carbons (Fsp3) is 0.478. The zero-order chi connectivity index (χ0) is 23.6. The summed E-state index contributed by atoms with van der Waals surface area (Å²) in [6.45, 7) is 2.56. The highest BCUT2D eigenvalue weighted by atomic mass is 35.5. The van der Waals surface area contributed by atoms with Crippen LogP contribution in [0.15, 0.2) is 29.2 Å². The van der Waals surface area contributed by atoms with Crippen molar-refractivity contribution < 1.29 is 22.7 Å². The molecule has 0 unspecified atom stereocenters. The van der Waals surface area contributed by atoms with Crippen LogP contribution >= 0.6 is 22.9 Å². The predicted molar refractivity (Wildman–Crippen MR) is 128 cm³/mol. The second-order valence-corrected chi connectivity index (χ2v) is 11.7. The van der Waals surface area contributed by atoms with Crippen LogP contribution in [0.4, 0.5) is 5.00 Å². The molecule has 1 fully saturated rings. The number of hydrogen-bond acceptors (Lipinski definition) is 6. The van der Waals surface area contributed by atoms with Crippen molar-refractivity contribution in [2.24, 2.45) is 5.92 Å². The van der Waals surface area contributed by atoms with Gasteiger partial charge in [0.05, 0.1) is 17.1 Å². The van der Waals surface area contributed by atoms with Gasteiger partial charge in [0.1, 0.15) is 5.00 Å². The summed E-state index contributed by atoms with van der Waals surface area (Å²) in [5.74, 6) is -0.894. The van der Waals surface area contributed by atoms with Crippen LogP contribution in [-0.2, 0) is 32.4 Å². The second kappa shape index (κ2) is 10.1. The van der Waals surface area contributed by atoms with Crippen LogP contribution in [-0.4, -0.2) is 44.3 Å². The van der Waals surface area contributed by atoms with Gasteiger partial charge in [0, 0.05) is 28.9 Å². The monoisotopic (exact) mass is 510 g/mol. The lowest BCUT2D eigenvalue weighted by Gasteiger charge is -2.30. The molecule has 178 valence electrons. The fourth-order valence-electron chi connectivity index (χ4n) is 4.40. The molecule has 1 aromatic carbocycles. The standard InChI is InChI=1S/C23H27ClN2O5S2/c1-2-31-23(28)20-18-5-3-4-6-19(18)32-22(20)25-21(27)15-11-13-26(14-12-15)33(29,30)17-9-7-16(24)8-10-17/h7-10,15H,2-6,11-14H2,1H3,(H,25,27). The average molecular weight is 511 g/mol. The Morgan fingerprint density at radius 3 is 2.48 bits per heavy atom. The molecule has 1 aliphatic carbocycles. The average Bonchev–Trinajstić information content (AvgIpc) is 3.17. The van der Waals surface area contributed by atoms with Crippen LogP contribution in [0.5, 0.6) is 0 Å². The number of carbonyl (C=O) groups is 2. The van der Waals surface area contributed by atoms with Crippen molar-refractivity contribution >= 4 is 49.8 Å². The quantitative estimate of drug-likeness (QED) is 0.578. The number of nitrogens with one attached hydrogen (secondary N) is 1. The molecule has 7 nitrogen and oxygen atoms in total. The van der Waals surface area contributed by atoms with Gasteiger partial charge in [-0.25, -0.2) is 13.2 Å². The molecule has 0 spiro atoms. The van der Waals surface area contributed by atoms with E-state index in [0.29, 0.717) is 28.4 Å². The third kappa shape index (κ3) is 5.11. The number of nitrogens with zero attached hydrogens (tertiary/aromatic N) is 1. The molecule has 0 atom stereocenters. The van der Waals surface area contributed by atoms with E-state index in [9.17, 15) is 18.0 Å². The Bertz CT molecular complexity index is 1140. The van der Waals surface area contributed by atoms with E-state index in [1.54, 1.807) is 19.1 Å². The lowest BCUT2D eigenvalue weighted by molar-refractivity contribution is -0.120. The van der Waals surface area contributed by atoms with Crippen LogP contribution in [0.3, 0.4) is 0 Å². The highest BCUT2D eigenvalue weighted by molar-refractivity contribution is 7.89. The van der Waals surface area contributed by atoms with E-state index in [4.69, 9.17) is 16.3 Å². The minimum absolute atomic E-state index is 0.178. The Hall–Kier alpha value is -1.94. The van der Waals surface area contributed by atoms with Gasteiger partial charge in [-0.3, -0.25) is 4.79 Å². The Kier molecular flexibility index (Phi) is 7.43. The normalized spacial score (nSPS) is 17.4. The van der Waals surface area contributed by atoms with Crippen LogP contribution in [0.25, 0.3) is 0 Å². The van der Waals surface area contributed by atoms with Crippen LogP contribution in [0.2, 0.25) is 5.02 Å². The molecule has 2 aliphatic rings. The van der Waals surface area contributed by atoms with E-state index in [2.05, 4.69) is 5.32 Å². The maximum Gasteiger partial charge on any atom is 0.341 e. The van der Waals surface area contributed by atoms with Gasteiger partial charge in [0.15, 0.2) is 0 Å². The van der Waals surface area contributed by atoms with Crippen molar-refractivity contribution in [3.8, 4) is 0 Å². The number of sulfonamides is 1. The van der Waals surface area contributed by atoms with E-state index < -0.39 is 16.0 Å². The Labute approximate surface area is 203 Å². The van der Waals surface area contributed by atoms with E-state index >= 15 is 0 Å². The highest BCUT2D eigenvalue weighted by Crippen LogP contribution is 2.39. The van der Waals surface area contributed by atoms with Gasteiger partial charge in [0.2, 0.25) is 15.9 Å². The van der Waals surface area contributed by atoms with Crippen molar-refractivity contribution in [3.05, 3.63) is 45.3 Å². The van der Waals surface area contributed by atoms with E-state index in [1.807, 2.05) is 0 Å². The number of amides is 1. The fourth-order valence-corrected chi connectivity index (χ4v) is 7.28. The first-order valence-corrected chi connectivity index (χ1v) is 13.8. The molecular weight excluding hydrogens is 484 g/mol. The van der Waals surface area contributed by atoms with E-state index in [1.165, 1.54) is 27.8 Å². The first-order chi connectivity index (χ1) is 15.8. The summed E-state index contributed by atoms with van der Waals surface area (Å²) in [6, 6.07) is 6.09. The number of fused-ring (bicyclic) bond motifs is 1. The third-order valence-electron chi connectivity index (χ3n) is 6.16. The maximum atomic E-state index is 13.0. The molecule has 0 saturated carbocycles. The SMILES string of the molecule is CCOC(=O)c1c(NC(=O)C2CCN(S(=O)(=O)c3ccc(Cl)cc3)CC2)sc2c1CCCC2. The topological polar surface area (TPSA) is 92.8 Å². The van der Waals surface area contributed by atoms with Crippen molar-refractivity contribution in [1.82, 2.24) is 4.31 Å². The minimum Gasteiger partial charge on any atom is -0.462 e. The zero-order valence-electron chi connectivity index (χ0n) is 18.4. The maximum absolute atomic E-state index is 13.0. The van der Waals surface area contributed by atoms with Gasteiger partial charge in [-0.05, 0) is 75.3 Å². The number of anilines is 1. The number of halogens is 1. The minimum atomic E-state index is -3.63. The summed E-state index contributed by atoms with van der Waals surface area (Å²) in [6.07, 6.45) is 4.64. The van der Waals surface area contributed by atoms with Crippen molar-refractivity contribution in [2.45, 2.75) is 50.3 Å². The summed E-state index contributed by atoms with van der Waals surface area (Å²) >= 11 is 7.33. The first-order valence-electron chi connectivity index (χ1n) is 11.2. The van der Waals surface area contributed by atoms with Gasteiger partial charge in [0.25, 0.3) is 0 Å². The molecule has 0 bridgehead atoms. The molecule has 1 amide bonds. The lowest BCUT2D eigenvalue weighted by atomic mass is 9.95. The summed E-state index contributed by atoms with van der Waals surface area (Å²) < 4.78 is 32.5. The van der Waals surface area contributed by atoms with Crippen LogP contribution < -0.4 is 5.32 Å². The molecular formula is C23H27ClN2O5S2. The summed E-state index contributed by atoms with van der Waals surface area (Å²) in [5.41, 5.74) is 1.50. The molecule has 10 heteroatoms. The predicted octanol–water partition coefficient (Wildman–Crippen LogP) is 4.50.